The summed E-state index contributed by atoms with van der Waals surface area (Å²) in [6.07, 6.45) is 4.74. The Kier molecular flexibility index (Phi) is 6.23. The van der Waals surface area contributed by atoms with Crippen LogP contribution >= 0.6 is 11.8 Å². The first-order chi connectivity index (χ1) is 9.94. The van der Waals surface area contributed by atoms with Crippen LogP contribution < -0.4 is 5.32 Å². The maximum atomic E-state index is 12.1. The minimum absolute atomic E-state index is 0.164. The number of rotatable bonds is 3. The van der Waals surface area contributed by atoms with Crippen LogP contribution in [0.3, 0.4) is 0 Å². The van der Waals surface area contributed by atoms with E-state index in [-0.39, 0.29) is 6.09 Å². The van der Waals surface area contributed by atoms with Crippen LogP contribution in [0.25, 0.3) is 0 Å². The molecule has 1 atom stereocenters. The average molecular weight is 314 g/mol. The van der Waals surface area contributed by atoms with Crippen LogP contribution in [0.4, 0.5) is 4.79 Å². The summed E-state index contributed by atoms with van der Waals surface area (Å²) in [6, 6.07) is 0.431. The van der Waals surface area contributed by atoms with E-state index in [4.69, 9.17) is 4.74 Å². The Bertz CT molecular complexity index is 338. The van der Waals surface area contributed by atoms with Crippen molar-refractivity contribution in [3.63, 3.8) is 0 Å². The van der Waals surface area contributed by atoms with Gasteiger partial charge in [0.15, 0.2) is 0 Å². The minimum Gasteiger partial charge on any atom is -0.444 e. The fraction of sp³-hybridized carbons (Fsp3) is 0.938. The van der Waals surface area contributed by atoms with Gasteiger partial charge in [-0.2, -0.15) is 11.8 Å². The SMILES string of the molecule is CC(C)(C)OC(=O)N1CCCC(NCC2CCSCC2)C1. The van der Waals surface area contributed by atoms with E-state index in [1.165, 1.54) is 30.8 Å². The maximum absolute atomic E-state index is 12.1. The van der Waals surface area contributed by atoms with Gasteiger partial charge >= 0.3 is 6.09 Å². The summed E-state index contributed by atoms with van der Waals surface area (Å²) in [7, 11) is 0. The number of piperidine rings is 1. The summed E-state index contributed by atoms with van der Waals surface area (Å²) in [5.41, 5.74) is -0.406. The Balaban J connectivity index is 1.73. The van der Waals surface area contributed by atoms with Crippen molar-refractivity contribution in [2.75, 3.05) is 31.1 Å². The van der Waals surface area contributed by atoms with Crippen molar-refractivity contribution in [1.29, 1.82) is 0 Å². The van der Waals surface area contributed by atoms with Gasteiger partial charge in [0.1, 0.15) is 5.60 Å². The molecular weight excluding hydrogens is 284 g/mol. The molecule has 0 spiro atoms. The first-order valence-corrected chi connectivity index (χ1v) is 9.38. The van der Waals surface area contributed by atoms with Crippen LogP contribution in [0, 0.1) is 5.92 Å². The zero-order valence-corrected chi connectivity index (χ0v) is 14.5. The van der Waals surface area contributed by atoms with Crippen LogP contribution in [0.1, 0.15) is 46.5 Å². The number of nitrogens with zero attached hydrogens (tertiary/aromatic N) is 1. The lowest BCUT2D eigenvalue weighted by Gasteiger charge is -2.35. The van der Waals surface area contributed by atoms with Gasteiger partial charge in [-0.25, -0.2) is 4.79 Å². The van der Waals surface area contributed by atoms with Gasteiger partial charge in [-0.05, 0) is 70.4 Å². The van der Waals surface area contributed by atoms with Gasteiger partial charge in [0, 0.05) is 19.1 Å². The van der Waals surface area contributed by atoms with Crippen LogP contribution in [0.5, 0.6) is 0 Å². The van der Waals surface area contributed by atoms with Crippen LogP contribution in [-0.2, 0) is 4.74 Å². The molecule has 0 bridgehead atoms. The molecule has 4 nitrogen and oxygen atoms in total. The second kappa shape index (κ2) is 7.73. The quantitative estimate of drug-likeness (QED) is 0.869. The largest absolute Gasteiger partial charge is 0.444 e. The Morgan fingerprint density at radius 1 is 1.29 bits per heavy atom. The van der Waals surface area contributed by atoms with Gasteiger partial charge in [-0.1, -0.05) is 0 Å². The van der Waals surface area contributed by atoms with Crippen molar-refractivity contribution in [2.24, 2.45) is 5.92 Å². The average Bonchev–Trinajstić information content (AvgIpc) is 2.45. The highest BCUT2D eigenvalue weighted by atomic mass is 32.2. The summed E-state index contributed by atoms with van der Waals surface area (Å²) in [5.74, 6) is 3.44. The number of likely N-dealkylation sites (tertiary alicyclic amines) is 1. The van der Waals surface area contributed by atoms with E-state index in [9.17, 15) is 4.79 Å². The number of amides is 1. The second-order valence-corrected chi connectivity index (χ2v) is 8.45. The molecule has 0 aromatic rings. The maximum Gasteiger partial charge on any atom is 0.410 e. The van der Waals surface area contributed by atoms with Crippen LogP contribution in [0.2, 0.25) is 0 Å². The first kappa shape index (κ1) is 16.9. The third-order valence-corrected chi connectivity index (χ3v) is 5.16. The minimum atomic E-state index is -0.406. The van der Waals surface area contributed by atoms with E-state index < -0.39 is 5.60 Å². The molecule has 0 saturated carbocycles. The number of hydrogen-bond acceptors (Lipinski definition) is 4. The highest BCUT2D eigenvalue weighted by Crippen LogP contribution is 2.22. The van der Waals surface area contributed by atoms with Crippen molar-refractivity contribution in [1.82, 2.24) is 10.2 Å². The van der Waals surface area contributed by atoms with Crippen molar-refractivity contribution >= 4 is 17.9 Å². The number of thioether (sulfide) groups is 1. The Labute approximate surface area is 133 Å². The molecule has 5 heteroatoms. The molecule has 2 saturated heterocycles. The lowest BCUT2D eigenvalue weighted by atomic mass is 10.0. The lowest BCUT2D eigenvalue weighted by Crippen LogP contribution is -2.50. The molecule has 1 unspecified atom stereocenters. The van der Waals surface area contributed by atoms with E-state index in [1.807, 2.05) is 25.7 Å². The molecule has 0 aliphatic carbocycles. The molecular formula is C16H30N2O2S. The van der Waals surface area contributed by atoms with Crippen molar-refractivity contribution in [2.45, 2.75) is 58.1 Å². The Morgan fingerprint density at radius 2 is 2.00 bits per heavy atom. The summed E-state index contributed by atoms with van der Waals surface area (Å²) in [4.78, 5) is 14.0. The van der Waals surface area contributed by atoms with Crippen molar-refractivity contribution in [3.05, 3.63) is 0 Å². The van der Waals surface area contributed by atoms with E-state index in [0.717, 1.165) is 32.0 Å². The van der Waals surface area contributed by atoms with Gasteiger partial charge in [0.2, 0.25) is 0 Å². The van der Waals surface area contributed by atoms with Crippen molar-refractivity contribution < 1.29 is 9.53 Å². The van der Waals surface area contributed by atoms with E-state index >= 15 is 0 Å². The normalized spacial score (nSPS) is 24.9. The monoisotopic (exact) mass is 314 g/mol. The van der Waals surface area contributed by atoms with Gasteiger partial charge in [0.05, 0.1) is 0 Å². The van der Waals surface area contributed by atoms with E-state index in [0.29, 0.717) is 6.04 Å². The van der Waals surface area contributed by atoms with E-state index in [1.54, 1.807) is 0 Å². The smallest absolute Gasteiger partial charge is 0.410 e. The molecule has 2 aliphatic rings. The zero-order valence-electron chi connectivity index (χ0n) is 13.7. The molecule has 2 heterocycles. The van der Waals surface area contributed by atoms with Crippen LogP contribution in [-0.4, -0.2) is 53.8 Å². The first-order valence-electron chi connectivity index (χ1n) is 8.23. The van der Waals surface area contributed by atoms with Gasteiger partial charge in [0.25, 0.3) is 0 Å². The number of hydrogen-bond donors (Lipinski definition) is 1. The highest BCUT2D eigenvalue weighted by Gasteiger charge is 2.27. The predicted molar refractivity (Wildman–Crippen MR) is 88.9 cm³/mol. The van der Waals surface area contributed by atoms with Crippen molar-refractivity contribution in [3.8, 4) is 0 Å². The van der Waals surface area contributed by atoms with E-state index in [2.05, 4.69) is 17.1 Å². The van der Waals surface area contributed by atoms with Gasteiger partial charge < -0.3 is 15.0 Å². The standard InChI is InChI=1S/C16H30N2O2S/c1-16(2,3)20-15(19)18-8-4-5-14(12-18)17-11-13-6-9-21-10-7-13/h13-14,17H,4-12H2,1-3H3. The molecule has 2 rings (SSSR count). The summed E-state index contributed by atoms with van der Waals surface area (Å²) in [5, 5.41) is 3.68. The number of carbonyl (C=O) groups excluding carboxylic acids is 1. The molecule has 122 valence electrons. The molecule has 1 amide bonds. The fourth-order valence-corrected chi connectivity index (χ4v) is 4.12. The molecule has 0 aromatic heterocycles. The molecule has 2 fully saturated rings. The number of carbonyl (C=O) groups is 1. The lowest BCUT2D eigenvalue weighted by molar-refractivity contribution is 0.0186. The molecule has 0 aromatic carbocycles. The Hall–Kier alpha value is -0.420. The summed E-state index contributed by atoms with van der Waals surface area (Å²) < 4.78 is 5.48. The highest BCUT2D eigenvalue weighted by molar-refractivity contribution is 7.99. The second-order valence-electron chi connectivity index (χ2n) is 7.23. The molecule has 2 aliphatic heterocycles. The zero-order chi connectivity index (χ0) is 15.3. The predicted octanol–water partition coefficient (Wildman–Crippen LogP) is 3.12. The van der Waals surface area contributed by atoms with Gasteiger partial charge in [-0.3, -0.25) is 0 Å². The molecule has 21 heavy (non-hydrogen) atoms. The molecule has 0 radical (unpaired) electrons. The van der Waals surface area contributed by atoms with Gasteiger partial charge in [-0.15, -0.1) is 0 Å². The van der Waals surface area contributed by atoms with Crippen LogP contribution in [0.15, 0.2) is 0 Å². The molecule has 1 N–H and O–H groups in total. The summed E-state index contributed by atoms with van der Waals surface area (Å²) >= 11 is 2.07. The fourth-order valence-electron chi connectivity index (χ4n) is 2.92. The Morgan fingerprint density at radius 3 is 2.67 bits per heavy atom. The topological polar surface area (TPSA) is 41.6 Å². The third-order valence-electron chi connectivity index (χ3n) is 4.11. The third kappa shape index (κ3) is 6.07. The number of ether oxygens (including phenoxy) is 1. The summed E-state index contributed by atoms with van der Waals surface area (Å²) in [6.45, 7) is 8.49. The number of nitrogens with one attached hydrogen (secondary N) is 1.